The summed E-state index contributed by atoms with van der Waals surface area (Å²) in [5, 5.41) is 10.6. The van der Waals surface area contributed by atoms with Gasteiger partial charge < -0.3 is 33.8 Å². The van der Waals surface area contributed by atoms with Crippen molar-refractivity contribution in [3.05, 3.63) is 36.5 Å². The minimum Gasteiger partial charge on any atom is -0.462 e. The molecule has 0 fully saturated rings. The molecule has 0 radical (unpaired) electrons. The van der Waals surface area contributed by atoms with E-state index in [2.05, 4.69) is 64.2 Å². The van der Waals surface area contributed by atoms with Gasteiger partial charge in [0, 0.05) is 25.7 Å². The molecule has 0 aliphatic rings. The number of hydrogen-bond donors (Lipinski definition) is 3. The second kappa shape index (κ2) is 74.5. The molecule has 17 nitrogen and oxygen atoms in total. The van der Waals surface area contributed by atoms with Crippen molar-refractivity contribution in [2.75, 3.05) is 39.6 Å². The number of phosphoric acid groups is 2. The molecule has 0 aliphatic heterocycles. The van der Waals surface area contributed by atoms with Gasteiger partial charge in [-0.1, -0.05) is 308 Å². The van der Waals surface area contributed by atoms with Crippen molar-refractivity contribution in [2.24, 2.45) is 0 Å². The molecule has 0 amide bonds. The molecule has 19 heteroatoms. The minimum atomic E-state index is -4.97. The molecule has 5 atom stereocenters. The first-order valence-corrected chi connectivity index (χ1v) is 44.2. The smallest absolute Gasteiger partial charge is 0.462 e. The summed E-state index contributed by atoms with van der Waals surface area (Å²) in [7, 11) is -9.94. The van der Waals surface area contributed by atoms with Crippen LogP contribution in [0.2, 0.25) is 0 Å². The molecule has 0 saturated carbocycles. The maximum atomic E-state index is 13.1. The molecule has 0 aliphatic carbocycles. The third kappa shape index (κ3) is 73.6. The second-order valence-electron chi connectivity index (χ2n) is 28.1. The SMILES string of the molecule is CCCCCC/C=C\CCCCCCCCCC(=O)O[C@H](COC(=O)CCCCCCC/C=C\CCCCCCCC)COP(=O)(O)OC[C@@H](O)COP(=O)(O)OC[C@@H](COC(=O)CCCCCCCCCCCCCCCCC)OC(=O)CCCCCCCCC/C=C\CCCCCC. The number of ether oxygens (including phenoxy) is 4. The van der Waals surface area contributed by atoms with E-state index in [-0.39, 0.29) is 25.7 Å². The van der Waals surface area contributed by atoms with Gasteiger partial charge in [0.15, 0.2) is 12.2 Å². The molecule has 0 rings (SSSR count). The summed E-state index contributed by atoms with van der Waals surface area (Å²) in [6, 6.07) is 0. The Morgan fingerprint density at radius 2 is 0.460 bits per heavy atom. The Kier molecular flexibility index (Phi) is 72.5. The average molecular weight is 1460 g/mol. The van der Waals surface area contributed by atoms with Crippen molar-refractivity contribution in [1.82, 2.24) is 0 Å². The van der Waals surface area contributed by atoms with E-state index in [9.17, 15) is 43.2 Å². The predicted molar refractivity (Wildman–Crippen MR) is 409 cm³/mol. The zero-order chi connectivity index (χ0) is 73.2. The van der Waals surface area contributed by atoms with Crippen LogP contribution in [0.5, 0.6) is 0 Å². The van der Waals surface area contributed by atoms with Crippen LogP contribution < -0.4 is 0 Å². The number of carbonyl (C=O) groups excluding carboxylic acids is 4. The van der Waals surface area contributed by atoms with Crippen LogP contribution in [0.15, 0.2) is 36.5 Å². The molecule has 0 aromatic rings. The van der Waals surface area contributed by atoms with Gasteiger partial charge in [-0.15, -0.1) is 0 Å². The lowest BCUT2D eigenvalue weighted by Gasteiger charge is -2.21. The van der Waals surface area contributed by atoms with Crippen molar-refractivity contribution in [1.29, 1.82) is 0 Å². The van der Waals surface area contributed by atoms with Gasteiger partial charge in [0.2, 0.25) is 0 Å². The van der Waals surface area contributed by atoms with E-state index >= 15 is 0 Å². The minimum absolute atomic E-state index is 0.0948. The highest BCUT2D eigenvalue weighted by Gasteiger charge is 2.30. The quantitative estimate of drug-likeness (QED) is 0.0169. The van der Waals surface area contributed by atoms with E-state index < -0.39 is 97.5 Å². The molecule has 588 valence electrons. The number of rotatable bonds is 79. The fourth-order valence-corrected chi connectivity index (χ4v) is 13.3. The van der Waals surface area contributed by atoms with Gasteiger partial charge in [-0.25, -0.2) is 9.13 Å². The lowest BCUT2D eigenvalue weighted by atomic mass is 10.0. The predicted octanol–water partition coefficient (Wildman–Crippen LogP) is 23.9. The highest BCUT2D eigenvalue weighted by atomic mass is 31.2. The topological polar surface area (TPSA) is 237 Å². The third-order valence-electron chi connectivity index (χ3n) is 18.1. The van der Waals surface area contributed by atoms with Crippen molar-refractivity contribution in [3.63, 3.8) is 0 Å². The number of hydrogen-bond acceptors (Lipinski definition) is 15. The van der Waals surface area contributed by atoms with Crippen molar-refractivity contribution >= 4 is 39.5 Å². The molecule has 0 heterocycles. The van der Waals surface area contributed by atoms with Gasteiger partial charge in [0.25, 0.3) is 0 Å². The van der Waals surface area contributed by atoms with E-state index in [1.165, 1.54) is 161 Å². The zero-order valence-electron chi connectivity index (χ0n) is 64.4. The fourth-order valence-electron chi connectivity index (χ4n) is 11.7. The third-order valence-corrected chi connectivity index (χ3v) is 20.0. The van der Waals surface area contributed by atoms with Gasteiger partial charge in [-0.05, 0) is 103 Å². The summed E-state index contributed by atoms with van der Waals surface area (Å²) in [5.41, 5.74) is 0. The molecule has 2 unspecified atom stereocenters. The number of aliphatic hydroxyl groups is 1. The Balaban J connectivity index is 5.32. The van der Waals surface area contributed by atoms with E-state index in [4.69, 9.17) is 37.0 Å². The van der Waals surface area contributed by atoms with E-state index in [1.807, 2.05) is 0 Å². The number of esters is 4. The zero-order valence-corrected chi connectivity index (χ0v) is 66.2. The van der Waals surface area contributed by atoms with Crippen LogP contribution in [0.25, 0.3) is 0 Å². The average Bonchev–Trinajstić information content (AvgIpc) is 1.25. The number of aliphatic hydroxyl groups excluding tert-OH is 1. The standard InChI is InChI=1S/C81H152O17P2/c1-5-9-13-17-21-25-29-33-37-41-45-49-53-57-61-65-78(83)91-71-76(97-80(85)67-63-59-55-51-47-43-39-35-31-27-23-19-15-11-7-3)73-95-99(87,88)93-69-75(82)70-94-100(89,90)96-74-77(98-81(86)68-64-60-56-52-48-44-40-36-32-28-24-20-16-12-8-4)72-92-79(84)66-62-58-54-50-46-42-38-34-30-26-22-18-14-10-6-2/h27-28,31-33,37,75-77,82H,5-26,29-30,34-36,38-74H2,1-4H3,(H,87,88)(H,89,90)/b31-27-,32-28-,37-33-/t75-,76-,77-/m1/s1. The first kappa shape index (κ1) is 97.3. The van der Waals surface area contributed by atoms with Crippen LogP contribution in [0.4, 0.5) is 0 Å². The van der Waals surface area contributed by atoms with Crippen molar-refractivity contribution in [3.8, 4) is 0 Å². The number of phosphoric ester groups is 2. The summed E-state index contributed by atoms with van der Waals surface area (Å²) < 4.78 is 68.7. The summed E-state index contributed by atoms with van der Waals surface area (Å²) in [4.78, 5) is 73.0. The van der Waals surface area contributed by atoms with Crippen LogP contribution in [0.3, 0.4) is 0 Å². The number of unbranched alkanes of at least 4 members (excludes halogenated alkanes) is 47. The summed E-state index contributed by atoms with van der Waals surface area (Å²) in [6.45, 7) is 4.93. The Hall–Kier alpha value is -2.72. The first-order valence-electron chi connectivity index (χ1n) is 41.2. The first-order chi connectivity index (χ1) is 48.7. The Labute approximate surface area is 611 Å². The molecular weight excluding hydrogens is 1310 g/mol. The number of carbonyl (C=O) groups is 4. The van der Waals surface area contributed by atoms with Gasteiger partial charge in [-0.3, -0.25) is 37.3 Å². The van der Waals surface area contributed by atoms with E-state index in [1.54, 1.807) is 0 Å². The monoisotopic (exact) mass is 1460 g/mol. The van der Waals surface area contributed by atoms with Gasteiger partial charge in [0.1, 0.15) is 19.3 Å². The van der Waals surface area contributed by atoms with Crippen LogP contribution >= 0.6 is 15.6 Å². The largest absolute Gasteiger partial charge is 0.472 e. The van der Waals surface area contributed by atoms with Gasteiger partial charge in [0.05, 0.1) is 26.4 Å². The van der Waals surface area contributed by atoms with Crippen LogP contribution in [-0.2, 0) is 65.4 Å². The lowest BCUT2D eigenvalue weighted by molar-refractivity contribution is -0.161. The van der Waals surface area contributed by atoms with Gasteiger partial charge >= 0.3 is 39.5 Å². The van der Waals surface area contributed by atoms with E-state index in [0.29, 0.717) is 25.7 Å². The molecule has 0 aromatic carbocycles. The lowest BCUT2D eigenvalue weighted by Crippen LogP contribution is -2.30. The molecule has 0 aromatic heterocycles. The normalized spacial score (nSPS) is 14.0. The van der Waals surface area contributed by atoms with Crippen molar-refractivity contribution < 1.29 is 80.2 Å². The van der Waals surface area contributed by atoms with Crippen LogP contribution in [0.1, 0.15) is 400 Å². The second-order valence-corrected chi connectivity index (χ2v) is 31.0. The molecule has 3 N–H and O–H groups in total. The summed E-state index contributed by atoms with van der Waals surface area (Å²) in [6.07, 6.45) is 71.1. The number of allylic oxidation sites excluding steroid dienone is 6. The fraction of sp³-hybridized carbons (Fsp3) is 0.877. The Bertz CT molecular complexity index is 2040. The summed E-state index contributed by atoms with van der Waals surface area (Å²) >= 11 is 0. The highest BCUT2D eigenvalue weighted by molar-refractivity contribution is 7.47. The van der Waals surface area contributed by atoms with Crippen LogP contribution in [0, 0.1) is 0 Å². The van der Waals surface area contributed by atoms with Crippen molar-refractivity contribution in [2.45, 2.75) is 418 Å². The van der Waals surface area contributed by atoms with Gasteiger partial charge in [-0.2, -0.15) is 0 Å². The van der Waals surface area contributed by atoms with Crippen LogP contribution in [-0.4, -0.2) is 96.7 Å². The molecular formula is C81H152O17P2. The van der Waals surface area contributed by atoms with E-state index in [0.717, 1.165) is 161 Å². The molecule has 0 saturated heterocycles. The molecule has 0 bridgehead atoms. The Morgan fingerprint density at radius 1 is 0.270 bits per heavy atom. The molecule has 0 spiro atoms. The summed E-state index contributed by atoms with van der Waals surface area (Å²) in [5.74, 6) is -2.15. The molecule has 100 heavy (non-hydrogen) atoms. The maximum Gasteiger partial charge on any atom is 0.472 e. The highest BCUT2D eigenvalue weighted by Crippen LogP contribution is 2.45. The maximum absolute atomic E-state index is 13.1. The Morgan fingerprint density at radius 3 is 0.700 bits per heavy atom.